The lowest BCUT2D eigenvalue weighted by molar-refractivity contribution is 1.75. The van der Waals surface area contributed by atoms with Gasteiger partial charge in [-0.25, -0.2) is 0 Å². The Morgan fingerprint density at radius 3 is 2.73 bits per heavy atom. The van der Waals surface area contributed by atoms with E-state index in [9.17, 15) is 0 Å². The Kier molecular flexibility index (Phi) is 2.43. The summed E-state index contributed by atoms with van der Waals surface area (Å²) in [5.41, 5.74) is 0. The molecule has 0 unspecified atom stereocenters. The molecule has 58 valence electrons. The van der Waals surface area contributed by atoms with Gasteiger partial charge in [-0.15, -0.1) is 47.0 Å². The summed E-state index contributed by atoms with van der Waals surface area (Å²) in [5, 5.41) is 1.29. The lowest BCUT2D eigenvalue weighted by Crippen LogP contribution is -1.46. The number of fused-ring (bicyclic) bond motifs is 1. The molecule has 0 fully saturated rings. The molecule has 0 spiro atoms. The van der Waals surface area contributed by atoms with Crippen LogP contribution in [0.25, 0.3) is 9.40 Å². The largest absolute Gasteiger partial charge is 0.133 e. The third kappa shape index (κ3) is 1.58. The van der Waals surface area contributed by atoms with E-state index in [1.165, 1.54) is 24.4 Å². The van der Waals surface area contributed by atoms with Crippen LogP contribution in [0.3, 0.4) is 0 Å². The van der Waals surface area contributed by atoms with Crippen LogP contribution in [-0.2, 0) is 0 Å². The van der Waals surface area contributed by atoms with E-state index in [0.29, 0.717) is 0 Å². The highest BCUT2D eigenvalue weighted by molar-refractivity contribution is 8.69. The van der Waals surface area contributed by atoms with Gasteiger partial charge < -0.3 is 0 Å². The molecule has 2 rings (SSSR count). The maximum Gasteiger partial charge on any atom is 0.0889 e. The third-order valence-electron chi connectivity index (χ3n) is 1.27. The SMILES string of the molecule is SSc1cc2cc(S)sc2s1. The Bertz CT molecular complexity index is 340. The first-order chi connectivity index (χ1) is 5.29. The van der Waals surface area contributed by atoms with Crippen molar-refractivity contribution in [2.75, 3.05) is 0 Å². The highest BCUT2D eigenvalue weighted by Crippen LogP contribution is 2.39. The Labute approximate surface area is 87.2 Å². The minimum Gasteiger partial charge on any atom is -0.133 e. The summed E-state index contributed by atoms with van der Waals surface area (Å²) in [7, 11) is 1.50. The summed E-state index contributed by atoms with van der Waals surface area (Å²) in [5.74, 6) is 0. The summed E-state index contributed by atoms with van der Waals surface area (Å²) in [6, 6.07) is 4.24. The molecule has 0 aliphatic rings. The van der Waals surface area contributed by atoms with Gasteiger partial charge in [-0.3, -0.25) is 0 Å². The molecule has 2 aromatic heterocycles. The average molecular weight is 236 g/mol. The van der Waals surface area contributed by atoms with Crippen LogP contribution in [-0.4, -0.2) is 0 Å². The van der Waals surface area contributed by atoms with Gasteiger partial charge in [0.25, 0.3) is 0 Å². The Morgan fingerprint density at radius 2 is 2.09 bits per heavy atom. The van der Waals surface area contributed by atoms with Crippen LogP contribution in [0.4, 0.5) is 0 Å². The fourth-order valence-electron chi connectivity index (χ4n) is 0.848. The Morgan fingerprint density at radius 1 is 1.27 bits per heavy atom. The van der Waals surface area contributed by atoms with Crippen molar-refractivity contribution in [2.24, 2.45) is 0 Å². The predicted octanol–water partition coefficient (Wildman–Crippen LogP) is 4.19. The molecule has 0 saturated heterocycles. The molecule has 0 radical (unpaired) electrons. The minimum absolute atomic E-state index is 1.09. The van der Waals surface area contributed by atoms with E-state index in [2.05, 4.69) is 36.4 Å². The second-order valence-corrected chi connectivity index (χ2v) is 6.56. The van der Waals surface area contributed by atoms with Crippen molar-refractivity contribution < 1.29 is 0 Å². The lowest BCUT2D eigenvalue weighted by atomic mass is 10.4. The molecule has 2 aromatic rings. The van der Waals surface area contributed by atoms with Crippen LogP contribution in [0.15, 0.2) is 20.6 Å². The van der Waals surface area contributed by atoms with E-state index in [-0.39, 0.29) is 0 Å². The molecule has 11 heavy (non-hydrogen) atoms. The first-order valence-electron chi connectivity index (χ1n) is 2.83. The zero-order chi connectivity index (χ0) is 7.84. The molecular formula is C6H4S5. The highest BCUT2D eigenvalue weighted by Gasteiger charge is 2.03. The molecule has 0 atom stereocenters. The van der Waals surface area contributed by atoms with Gasteiger partial charge in [0, 0.05) is 5.39 Å². The maximum atomic E-state index is 4.27. The van der Waals surface area contributed by atoms with Crippen LogP contribution >= 0.6 is 57.8 Å². The van der Waals surface area contributed by atoms with E-state index < -0.39 is 0 Å². The molecular weight excluding hydrogens is 232 g/mol. The second-order valence-electron chi connectivity index (χ2n) is 1.98. The van der Waals surface area contributed by atoms with Gasteiger partial charge in [-0.1, -0.05) is 10.8 Å². The highest BCUT2D eigenvalue weighted by atomic mass is 33.1. The Balaban J connectivity index is 2.64. The monoisotopic (exact) mass is 236 g/mol. The van der Waals surface area contributed by atoms with Gasteiger partial charge in [0.2, 0.25) is 0 Å². The molecule has 0 saturated carbocycles. The maximum absolute atomic E-state index is 4.27. The van der Waals surface area contributed by atoms with Crippen LogP contribution < -0.4 is 0 Å². The minimum atomic E-state index is 1.09. The first kappa shape index (κ1) is 8.31. The lowest BCUT2D eigenvalue weighted by Gasteiger charge is -1.80. The van der Waals surface area contributed by atoms with Gasteiger partial charge in [0.05, 0.1) is 12.4 Å². The van der Waals surface area contributed by atoms with Gasteiger partial charge in [-0.05, 0) is 12.1 Å². The van der Waals surface area contributed by atoms with E-state index in [4.69, 9.17) is 0 Å². The smallest absolute Gasteiger partial charge is 0.0889 e. The molecule has 0 aromatic carbocycles. The number of hydrogen-bond acceptors (Lipinski definition) is 5. The zero-order valence-electron chi connectivity index (χ0n) is 5.27. The van der Waals surface area contributed by atoms with Gasteiger partial charge in [0.1, 0.15) is 0 Å². The molecule has 0 aliphatic heterocycles. The summed E-state index contributed by atoms with van der Waals surface area (Å²) >= 11 is 11.9. The standard InChI is InChI=1S/C6H4S5/c7-4-1-3-2-5(11-8)10-6(3)9-4/h1-2,7-8H. The van der Waals surface area contributed by atoms with Gasteiger partial charge in [-0.2, -0.15) is 0 Å². The van der Waals surface area contributed by atoms with Crippen molar-refractivity contribution in [3.8, 4) is 0 Å². The first-order valence-corrected chi connectivity index (χ1v) is 6.78. The normalized spacial score (nSPS) is 11.1. The van der Waals surface area contributed by atoms with Gasteiger partial charge in [0.15, 0.2) is 0 Å². The summed E-state index contributed by atoms with van der Waals surface area (Å²) in [4.78, 5) is 0. The van der Waals surface area contributed by atoms with Crippen molar-refractivity contribution in [1.82, 2.24) is 0 Å². The van der Waals surface area contributed by atoms with Crippen LogP contribution in [0.5, 0.6) is 0 Å². The van der Waals surface area contributed by atoms with Crippen LogP contribution in [0.2, 0.25) is 0 Å². The molecule has 0 amide bonds. The molecule has 0 nitrogen and oxygen atoms in total. The molecule has 2 heterocycles. The summed E-state index contributed by atoms with van der Waals surface area (Å²) < 4.78 is 3.68. The van der Waals surface area contributed by atoms with Crippen molar-refractivity contribution in [3.63, 3.8) is 0 Å². The van der Waals surface area contributed by atoms with Crippen LogP contribution in [0, 0.1) is 0 Å². The van der Waals surface area contributed by atoms with Crippen molar-refractivity contribution in [1.29, 1.82) is 0 Å². The molecule has 0 N–H and O–H groups in total. The molecule has 0 bridgehead atoms. The van der Waals surface area contributed by atoms with Crippen molar-refractivity contribution in [2.45, 2.75) is 8.42 Å². The quantitative estimate of drug-likeness (QED) is 0.553. The van der Waals surface area contributed by atoms with E-state index in [0.717, 1.165) is 4.21 Å². The van der Waals surface area contributed by atoms with Crippen molar-refractivity contribution >= 4 is 67.2 Å². The second kappa shape index (κ2) is 3.22. The number of thiophene rings is 2. The number of rotatable bonds is 1. The third-order valence-corrected chi connectivity index (χ3v) is 5.42. The topological polar surface area (TPSA) is 0 Å². The fraction of sp³-hybridized carbons (Fsp3) is 0. The average Bonchev–Trinajstić information content (AvgIpc) is 2.43. The number of hydrogen-bond donors (Lipinski definition) is 2. The van der Waals surface area contributed by atoms with Gasteiger partial charge >= 0.3 is 0 Å². The van der Waals surface area contributed by atoms with E-state index in [1.807, 2.05) is 0 Å². The summed E-state index contributed by atoms with van der Waals surface area (Å²) in [6.45, 7) is 0. The van der Waals surface area contributed by atoms with E-state index >= 15 is 0 Å². The molecule has 5 heteroatoms. The Hall–Kier alpha value is 0.710. The zero-order valence-corrected chi connectivity index (χ0v) is 9.51. The van der Waals surface area contributed by atoms with E-state index in [1.54, 1.807) is 22.7 Å². The molecule has 0 aliphatic carbocycles. The summed E-state index contributed by atoms with van der Waals surface area (Å²) in [6.07, 6.45) is 0. The fourth-order valence-corrected chi connectivity index (χ4v) is 4.60. The van der Waals surface area contributed by atoms with Crippen LogP contribution in [0.1, 0.15) is 0 Å². The van der Waals surface area contributed by atoms with Crippen molar-refractivity contribution in [3.05, 3.63) is 12.1 Å². The number of thiol groups is 2. The predicted molar refractivity (Wildman–Crippen MR) is 61.8 cm³/mol.